The largest absolute Gasteiger partial charge is 0.325 e. The average Bonchev–Trinajstić information content (AvgIpc) is 2.03. The maximum atomic E-state index is 5.55. The molecule has 1 atom stereocenters. The van der Waals surface area contributed by atoms with Crippen molar-refractivity contribution in [2.45, 2.75) is 13.0 Å². The summed E-state index contributed by atoms with van der Waals surface area (Å²) in [6.07, 6.45) is 4.01. The predicted octanol–water partition coefficient (Wildman–Crippen LogP) is 2.05. The fourth-order valence-corrected chi connectivity index (χ4v) is 0.827. The summed E-state index contributed by atoms with van der Waals surface area (Å²) in [7, 11) is 0. The van der Waals surface area contributed by atoms with Crippen molar-refractivity contribution < 1.29 is 0 Å². The zero-order valence-electron chi connectivity index (χ0n) is 6.70. The van der Waals surface area contributed by atoms with Crippen molar-refractivity contribution in [2.24, 2.45) is 5.73 Å². The Labute approximate surface area is 67.5 Å². The van der Waals surface area contributed by atoms with Crippen molar-refractivity contribution in [2.75, 3.05) is 0 Å². The third-order valence-corrected chi connectivity index (χ3v) is 1.39. The van der Waals surface area contributed by atoms with E-state index in [0.29, 0.717) is 0 Å². The van der Waals surface area contributed by atoms with Crippen LogP contribution in [0.4, 0.5) is 0 Å². The first-order valence-electron chi connectivity index (χ1n) is 3.78. The van der Waals surface area contributed by atoms with Crippen molar-refractivity contribution >= 4 is 6.08 Å². The quantitative estimate of drug-likeness (QED) is 0.680. The maximum absolute atomic E-state index is 5.55. The highest BCUT2D eigenvalue weighted by molar-refractivity contribution is 5.49. The highest BCUT2D eigenvalue weighted by Gasteiger charge is 1.84. The lowest BCUT2D eigenvalue weighted by molar-refractivity contribution is 0.931. The summed E-state index contributed by atoms with van der Waals surface area (Å²) < 4.78 is 0. The van der Waals surface area contributed by atoms with Gasteiger partial charge in [-0.15, -0.1) is 0 Å². The fraction of sp³-hybridized carbons (Fsp3) is 0.200. The van der Waals surface area contributed by atoms with E-state index in [1.54, 1.807) is 0 Å². The fourth-order valence-electron chi connectivity index (χ4n) is 0.827. The summed E-state index contributed by atoms with van der Waals surface area (Å²) in [5, 5.41) is 0. The van der Waals surface area contributed by atoms with Crippen molar-refractivity contribution in [3.8, 4) is 0 Å². The molecular formula is C10H13N. The molecule has 0 heterocycles. The molecule has 0 unspecified atom stereocenters. The summed E-state index contributed by atoms with van der Waals surface area (Å²) in [5.41, 5.74) is 6.75. The van der Waals surface area contributed by atoms with Crippen molar-refractivity contribution in [1.82, 2.24) is 0 Å². The van der Waals surface area contributed by atoms with Gasteiger partial charge in [0, 0.05) is 6.04 Å². The van der Waals surface area contributed by atoms with Crippen LogP contribution >= 0.6 is 0 Å². The van der Waals surface area contributed by atoms with E-state index in [9.17, 15) is 0 Å². The van der Waals surface area contributed by atoms with Crippen LogP contribution in [0.25, 0.3) is 6.08 Å². The van der Waals surface area contributed by atoms with E-state index in [1.165, 1.54) is 5.56 Å². The molecule has 0 saturated heterocycles. The lowest BCUT2D eigenvalue weighted by atomic mass is 10.2. The Morgan fingerprint density at radius 3 is 2.45 bits per heavy atom. The first-order valence-corrected chi connectivity index (χ1v) is 3.78. The SMILES string of the molecule is C[C@H](N)/C=C/c1ccccc1. The van der Waals surface area contributed by atoms with Gasteiger partial charge in [-0.1, -0.05) is 42.5 Å². The van der Waals surface area contributed by atoms with Gasteiger partial charge in [-0.25, -0.2) is 0 Å². The molecule has 0 spiro atoms. The Morgan fingerprint density at radius 1 is 1.27 bits per heavy atom. The second kappa shape index (κ2) is 3.94. The van der Waals surface area contributed by atoms with Crippen LogP contribution in [-0.4, -0.2) is 6.04 Å². The number of hydrogen-bond donors (Lipinski definition) is 1. The van der Waals surface area contributed by atoms with Crippen LogP contribution in [0.1, 0.15) is 12.5 Å². The summed E-state index contributed by atoms with van der Waals surface area (Å²) in [5.74, 6) is 0. The van der Waals surface area contributed by atoms with Crippen LogP contribution in [0, 0.1) is 0 Å². The molecule has 0 bridgehead atoms. The van der Waals surface area contributed by atoms with Crippen molar-refractivity contribution in [3.63, 3.8) is 0 Å². The van der Waals surface area contributed by atoms with Gasteiger partial charge in [-0.2, -0.15) is 0 Å². The molecule has 0 saturated carbocycles. The number of benzene rings is 1. The van der Waals surface area contributed by atoms with E-state index in [0.717, 1.165) is 0 Å². The zero-order chi connectivity index (χ0) is 8.10. The van der Waals surface area contributed by atoms with Gasteiger partial charge in [0.15, 0.2) is 0 Å². The molecular weight excluding hydrogens is 134 g/mol. The molecule has 58 valence electrons. The van der Waals surface area contributed by atoms with Crippen LogP contribution in [0.5, 0.6) is 0 Å². The highest BCUT2D eigenvalue weighted by Crippen LogP contribution is 2.00. The summed E-state index contributed by atoms with van der Waals surface area (Å²) in [6, 6.07) is 10.3. The van der Waals surface area contributed by atoms with Gasteiger partial charge in [0.1, 0.15) is 0 Å². The second-order valence-electron chi connectivity index (χ2n) is 2.63. The monoisotopic (exact) mass is 147 g/mol. The molecule has 0 aliphatic rings. The highest BCUT2D eigenvalue weighted by atomic mass is 14.6. The first kappa shape index (κ1) is 8.02. The Bertz CT molecular complexity index is 224. The third kappa shape index (κ3) is 3.01. The van der Waals surface area contributed by atoms with E-state index in [2.05, 4.69) is 12.1 Å². The lowest BCUT2D eigenvalue weighted by Gasteiger charge is -1.94. The van der Waals surface area contributed by atoms with E-state index in [4.69, 9.17) is 5.73 Å². The van der Waals surface area contributed by atoms with Crippen LogP contribution in [0.3, 0.4) is 0 Å². The molecule has 11 heavy (non-hydrogen) atoms. The van der Waals surface area contributed by atoms with Crippen LogP contribution < -0.4 is 5.73 Å². The van der Waals surface area contributed by atoms with Crippen LogP contribution in [-0.2, 0) is 0 Å². The molecule has 0 aliphatic carbocycles. The zero-order valence-corrected chi connectivity index (χ0v) is 6.70. The van der Waals surface area contributed by atoms with E-state index >= 15 is 0 Å². The van der Waals surface area contributed by atoms with Gasteiger partial charge in [0.2, 0.25) is 0 Å². The third-order valence-electron chi connectivity index (χ3n) is 1.39. The first-order chi connectivity index (χ1) is 5.29. The summed E-state index contributed by atoms with van der Waals surface area (Å²) in [4.78, 5) is 0. The molecule has 1 aromatic rings. The second-order valence-corrected chi connectivity index (χ2v) is 2.63. The minimum Gasteiger partial charge on any atom is -0.325 e. The maximum Gasteiger partial charge on any atom is 0.0198 e. The van der Waals surface area contributed by atoms with Gasteiger partial charge in [-0.05, 0) is 12.5 Å². The molecule has 0 aliphatic heterocycles. The Hall–Kier alpha value is -1.08. The smallest absolute Gasteiger partial charge is 0.0198 e. The van der Waals surface area contributed by atoms with Gasteiger partial charge in [0.05, 0.1) is 0 Å². The van der Waals surface area contributed by atoms with E-state index in [-0.39, 0.29) is 6.04 Å². The van der Waals surface area contributed by atoms with Gasteiger partial charge >= 0.3 is 0 Å². The van der Waals surface area contributed by atoms with Gasteiger partial charge < -0.3 is 5.73 Å². The van der Waals surface area contributed by atoms with Gasteiger partial charge in [0.25, 0.3) is 0 Å². The van der Waals surface area contributed by atoms with Crippen molar-refractivity contribution in [3.05, 3.63) is 42.0 Å². The molecule has 1 aromatic carbocycles. The molecule has 2 N–H and O–H groups in total. The molecule has 1 nitrogen and oxygen atoms in total. The molecule has 1 heteroatoms. The minimum atomic E-state index is 0.134. The number of hydrogen-bond acceptors (Lipinski definition) is 1. The molecule has 0 radical (unpaired) electrons. The lowest BCUT2D eigenvalue weighted by Crippen LogP contribution is -2.09. The Kier molecular flexibility index (Phi) is 2.87. The van der Waals surface area contributed by atoms with Crippen LogP contribution in [0.2, 0.25) is 0 Å². The predicted molar refractivity (Wildman–Crippen MR) is 49.1 cm³/mol. The van der Waals surface area contributed by atoms with Gasteiger partial charge in [-0.3, -0.25) is 0 Å². The standard InChI is InChI=1S/C10H13N/c1-9(11)7-8-10-5-3-2-4-6-10/h2-9H,11H2,1H3/b8-7+/t9-/m0/s1. The van der Waals surface area contributed by atoms with E-state index in [1.807, 2.05) is 37.3 Å². The summed E-state index contributed by atoms with van der Waals surface area (Å²) in [6.45, 7) is 1.96. The molecule has 0 fully saturated rings. The Balaban J connectivity index is 2.65. The number of rotatable bonds is 2. The number of nitrogens with two attached hydrogens (primary N) is 1. The van der Waals surface area contributed by atoms with E-state index < -0.39 is 0 Å². The molecule has 0 amide bonds. The summed E-state index contributed by atoms with van der Waals surface area (Å²) >= 11 is 0. The molecule has 0 aromatic heterocycles. The molecule has 1 rings (SSSR count). The normalized spacial score (nSPS) is 13.6. The average molecular weight is 147 g/mol. The minimum absolute atomic E-state index is 0.134. The van der Waals surface area contributed by atoms with Crippen molar-refractivity contribution in [1.29, 1.82) is 0 Å². The van der Waals surface area contributed by atoms with Crippen LogP contribution in [0.15, 0.2) is 36.4 Å². The topological polar surface area (TPSA) is 26.0 Å². The Morgan fingerprint density at radius 2 is 1.91 bits per heavy atom.